The molecule has 0 saturated carbocycles. The Labute approximate surface area is 217 Å². The van der Waals surface area contributed by atoms with Crippen LogP contribution in [0.1, 0.15) is 37.7 Å². The Morgan fingerprint density at radius 1 is 0.842 bits per heavy atom. The average molecular weight is 502 g/mol. The maximum Gasteiger partial charge on any atom is 0.335 e. The molecule has 1 amide bonds. The smallest absolute Gasteiger partial charge is 0.335 e. The second-order valence-corrected chi connectivity index (χ2v) is 9.17. The Morgan fingerprint density at radius 2 is 1.63 bits per heavy atom. The maximum atomic E-state index is 13.5. The third-order valence-electron chi connectivity index (χ3n) is 6.68. The number of aromatic carboxylic acids is 1. The van der Waals surface area contributed by atoms with Crippen molar-refractivity contribution in [1.29, 1.82) is 0 Å². The number of benzene rings is 3. The van der Waals surface area contributed by atoms with Crippen molar-refractivity contribution in [3.05, 3.63) is 132 Å². The van der Waals surface area contributed by atoms with E-state index in [2.05, 4.69) is 40.8 Å². The van der Waals surface area contributed by atoms with Crippen LogP contribution in [0.5, 0.6) is 0 Å². The van der Waals surface area contributed by atoms with Crippen LogP contribution in [0.25, 0.3) is 27.4 Å². The summed E-state index contributed by atoms with van der Waals surface area (Å²) < 4.78 is 7.01. The molecule has 7 nitrogen and oxygen atoms in total. The first-order chi connectivity index (χ1) is 18.5. The molecular formula is C31H23N3O4. The average Bonchev–Trinajstić information content (AvgIpc) is 3.62. The second-order valence-electron chi connectivity index (χ2n) is 9.17. The first kappa shape index (κ1) is 23.2. The third kappa shape index (κ3) is 4.53. The summed E-state index contributed by atoms with van der Waals surface area (Å²) in [4.78, 5) is 24.7. The highest BCUT2D eigenvalue weighted by molar-refractivity contribution is 5.95. The molecule has 0 spiro atoms. The van der Waals surface area contributed by atoms with Crippen molar-refractivity contribution < 1.29 is 19.2 Å². The van der Waals surface area contributed by atoms with Gasteiger partial charge in [-0.3, -0.25) is 4.79 Å². The van der Waals surface area contributed by atoms with E-state index in [-0.39, 0.29) is 18.0 Å². The maximum absolute atomic E-state index is 13.5. The van der Waals surface area contributed by atoms with Gasteiger partial charge in [-0.25, -0.2) is 4.79 Å². The lowest BCUT2D eigenvalue weighted by Crippen LogP contribution is -2.25. The lowest BCUT2D eigenvalue weighted by atomic mass is 10.0. The van der Waals surface area contributed by atoms with Crippen molar-refractivity contribution in [3.63, 3.8) is 0 Å². The quantitative estimate of drug-likeness (QED) is 0.281. The Hall–Kier alpha value is -5.17. The molecule has 0 fully saturated rings. The molecule has 6 aromatic rings. The zero-order chi connectivity index (χ0) is 26.1. The molecular weight excluding hydrogens is 478 g/mol. The number of amides is 1. The summed E-state index contributed by atoms with van der Waals surface area (Å²) in [5.74, 6) is -1.23. The highest BCUT2D eigenvalue weighted by Crippen LogP contribution is 2.26. The zero-order valence-corrected chi connectivity index (χ0v) is 20.3. The molecule has 3 aromatic carbocycles. The predicted molar refractivity (Wildman–Crippen MR) is 144 cm³/mol. The van der Waals surface area contributed by atoms with Crippen molar-refractivity contribution in [2.75, 3.05) is 0 Å². The van der Waals surface area contributed by atoms with E-state index in [1.165, 1.54) is 22.9 Å². The van der Waals surface area contributed by atoms with Crippen molar-refractivity contribution in [1.82, 2.24) is 14.9 Å². The van der Waals surface area contributed by atoms with E-state index in [0.717, 1.165) is 33.5 Å². The molecule has 0 aliphatic rings. The molecule has 38 heavy (non-hydrogen) atoms. The molecule has 7 heteroatoms. The molecule has 186 valence electrons. The number of hydrogen-bond donors (Lipinski definition) is 2. The lowest BCUT2D eigenvalue weighted by Gasteiger charge is -2.13. The van der Waals surface area contributed by atoms with E-state index >= 15 is 0 Å². The number of carbonyl (C=O) groups excluding carboxylic acids is 1. The van der Waals surface area contributed by atoms with Crippen molar-refractivity contribution in [2.45, 2.75) is 13.0 Å². The van der Waals surface area contributed by atoms with Gasteiger partial charge in [0.05, 0.1) is 11.8 Å². The van der Waals surface area contributed by atoms with Crippen LogP contribution >= 0.6 is 0 Å². The summed E-state index contributed by atoms with van der Waals surface area (Å²) in [6, 6.07) is 29.0. The monoisotopic (exact) mass is 501 g/mol. The Balaban J connectivity index is 1.35. The van der Waals surface area contributed by atoms with Gasteiger partial charge < -0.3 is 19.3 Å². The van der Waals surface area contributed by atoms with Gasteiger partial charge in [0.1, 0.15) is 12.0 Å². The number of hydrogen-bond acceptors (Lipinski definition) is 4. The summed E-state index contributed by atoms with van der Waals surface area (Å²) in [5.41, 5.74) is 6.12. The molecule has 0 atom stereocenters. The van der Waals surface area contributed by atoms with Crippen molar-refractivity contribution in [2.24, 2.45) is 0 Å². The Morgan fingerprint density at radius 3 is 2.39 bits per heavy atom. The molecule has 6 rings (SSSR count). The standard InChI is InChI=1S/C31H23N3O4/c35-30(32-17-20-5-9-23(10-6-20)31(36)37)29-16-25(26-18-33-38-19-26)15-28-12-11-27(34(28)29)14-21-7-8-22-3-1-2-4-24(22)13-21/h1-13,15-16,18-19H,14,17H2,(H,32,35)(H,36,37). The van der Waals surface area contributed by atoms with Crippen LogP contribution in [0.4, 0.5) is 0 Å². The minimum Gasteiger partial charge on any atom is -0.478 e. The number of carbonyl (C=O) groups is 2. The minimum atomic E-state index is -0.986. The van der Waals surface area contributed by atoms with Crippen LogP contribution in [0, 0.1) is 0 Å². The number of nitrogens with zero attached hydrogens (tertiary/aromatic N) is 2. The van der Waals surface area contributed by atoms with E-state index < -0.39 is 5.97 Å². The molecule has 0 bridgehead atoms. The SMILES string of the molecule is O=C(O)c1ccc(CNC(=O)c2cc(-c3cnoc3)cc3ccc(Cc4ccc5ccccc5c4)n23)cc1. The van der Waals surface area contributed by atoms with Gasteiger partial charge >= 0.3 is 5.97 Å². The van der Waals surface area contributed by atoms with Gasteiger partial charge in [-0.1, -0.05) is 59.8 Å². The summed E-state index contributed by atoms with van der Waals surface area (Å²) in [7, 11) is 0. The molecule has 2 N–H and O–H groups in total. The number of carboxylic acids is 1. The van der Waals surface area contributed by atoms with Gasteiger partial charge in [-0.05, 0) is 63.9 Å². The van der Waals surface area contributed by atoms with Crippen LogP contribution in [0.15, 0.2) is 108 Å². The summed E-state index contributed by atoms with van der Waals surface area (Å²) in [5, 5.41) is 18.3. The molecule has 0 aliphatic carbocycles. The van der Waals surface area contributed by atoms with Crippen LogP contribution in [0.2, 0.25) is 0 Å². The number of pyridine rings is 1. The minimum absolute atomic E-state index is 0.203. The van der Waals surface area contributed by atoms with Gasteiger partial charge in [0, 0.05) is 29.7 Å². The van der Waals surface area contributed by atoms with Gasteiger partial charge in [0.25, 0.3) is 5.91 Å². The van der Waals surface area contributed by atoms with E-state index in [4.69, 9.17) is 9.63 Å². The van der Waals surface area contributed by atoms with E-state index in [1.54, 1.807) is 24.6 Å². The zero-order valence-electron chi connectivity index (χ0n) is 20.3. The fourth-order valence-electron chi connectivity index (χ4n) is 4.73. The fourth-order valence-corrected chi connectivity index (χ4v) is 4.73. The third-order valence-corrected chi connectivity index (χ3v) is 6.68. The van der Waals surface area contributed by atoms with Crippen LogP contribution in [0.3, 0.4) is 0 Å². The van der Waals surface area contributed by atoms with E-state index in [0.29, 0.717) is 12.1 Å². The van der Waals surface area contributed by atoms with Crippen LogP contribution in [-0.2, 0) is 13.0 Å². The highest BCUT2D eigenvalue weighted by Gasteiger charge is 2.17. The first-order valence-corrected chi connectivity index (χ1v) is 12.2. The van der Waals surface area contributed by atoms with Gasteiger partial charge in [0.2, 0.25) is 0 Å². The molecule has 0 radical (unpaired) electrons. The van der Waals surface area contributed by atoms with Gasteiger partial charge in [-0.15, -0.1) is 0 Å². The predicted octanol–water partition coefficient (Wildman–Crippen LogP) is 5.97. The van der Waals surface area contributed by atoms with E-state index in [1.807, 2.05) is 40.8 Å². The molecule has 0 aliphatic heterocycles. The first-order valence-electron chi connectivity index (χ1n) is 12.2. The van der Waals surface area contributed by atoms with Crippen molar-refractivity contribution >= 4 is 28.2 Å². The molecule has 0 saturated heterocycles. The van der Waals surface area contributed by atoms with Gasteiger partial charge in [-0.2, -0.15) is 0 Å². The summed E-state index contributed by atoms with van der Waals surface area (Å²) in [6.07, 6.45) is 3.83. The van der Waals surface area contributed by atoms with Crippen LogP contribution in [-0.4, -0.2) is 26.5 Å². The summed E-state index contributed by atoms with van der Waals surface area (Å²) in [6.45, 7) is 0.263. The molecule has 3 aromatic heterocycles. The lowest BCUT2D eigenvalue weighted by molar-refractivity contribution is 0.0696. The summed E-state index contributed by atoms with van der Waals surface area (Å²) >= 11 is 0. The van der Waals surface area contributed by atoms with Crippen molar-refractivity contribution in [3.8, 4) is 11.1 Å². The molecule has 0 unspecified atom stereocenters. The fraction of sp³-hybridized carbons (Fsp3) is 0.0645. The van der Waals surface area contributed by atoms with Crippen LogP contribution < -0.4 is 5.32 Å². The largest absolute Gasteiger partial charge is 0.478 e. The normalized spacial score (nSPS) is 11.2. The highest BCUT2D eigenvalue weighted by atomic mass is 16.5. The second kappa shape index (κ2) is 9.71. The topological polar surface area (TPSA) is 96.8 Å². The Kier molecular flexibility index (Phi) is 5.94. The number of carboxylic acid groups (broad SMARTS) is 1. The number of rotatable bonds is 7. The molecule has 3 heterocycles. The number of aromatic nitrogens is 2. The van der Waals surface area contributed by atoms with Gasteiger partial charge in [0.15, 0.2) is 0 Å². The van der Waals surface area contributed by atoms with E-state index in [9.17, 15) is 9.59 Å². The number of fused-ring (bicyclic) bond motifs is 2. The number of nitrogens with one attached hydrogen (secondary N) is 1. The Bertz CT molecular complexity index is 1780.